The fourth-order valence-corrected chi connectivity index (χ4v) is 3.56. The maximum Gasteiger partial charge on any atom is 0.224 e. The predicted octanol–water partition coefficient (Wildman–Crippen LogP) is 2.94. The van der Waals surface area contributed by atoms with Crippen molar-refractivity contribution < 1.29 is 4.79 Å². The number of hydrogen-bond donors (Lipinski definition) is 3. The van der Waals surface area contributed by atoms with Crippen LogP contribution in [0.3, 0.4) is 0 Å². The molecule has 5 heteroatoms. The molecule has 0 atom stereocenters. The zero-order valence-corrected chi connectivity index (χ0v) is 13.9. The van der Waals surface area contributed by atoms with Crippen LogP contribution in [0.15, 0.2) is 24.4 Å². The molecular formula is C19H22N4O. The van der Waals surface area contributed by atoms with Crippen molar-refractivity contribution in [3.05, 3.63) is 52.5 Å². The maximum absolute atomic E-state index is 12.3. The largest absolute Gasteiger partial charge is 0.361 e. The Labute approximate surface area is 140 Å². The molecule has 0 bridgehead atoms. The minimum absolute atomic E-state index is 0.0315. The highest BCUT2D eigenvalue weighted by molar-refractivity contribution is 5.89. The summed E-state index contributed by atoms with van der Waals surface area (Å²) in [6.45, 7) is 2.57. The van der Waals surface area contributed by atoms with E-state index in [1.807, 2.05) is 6.20 Å². The summed E-state index contributed by atoms with van der Waals surface area (Å²) < 4.78 is 0. The third-order valence-electron chi connectivity index (χ3n) is 4.87. The van der Waals surface area contributed by atoms with Gasteiger partial charge in [-0.1, -0.05) is 12.1 Å². The van der Waals surface area contributed by atoms with Crippen molar-refractivity contribution in [1.29, 1.82) is 0 Å². The fourth-order valence-electron chi connectivity index (χ4n) is 3.56. The van der Waals surface area contributed by atoms with Gasteiger partial charge in [-0.05, 0) is 55.4 Å². The Balaban J connectivity index is 1.42. The lowest BCUT2D eigenvalue weighted by Crippen LogP contribution is -2.25. The number of aromatic nitrogens is 3. The molecule has 0 radical (unpaired) electrons. The molecule has 2 heterocycles. The Bertz CT molecular complexity index is 890. The quantitative estimate of drug-likeness (QED) is 0.691. The Morgan fingerprint density at radius 3 is 3.08 bits per heavy atom. The van der Waals surface area contributed by atoms with Crippen LogP contribution >= 0.6 is 0 Å². The molecule has 0 saturated heterocycles. The fraction of sp³-hybridized carbons (Fsp3) is 0.368. The van der Waals surface area contributed by atoms with E-state index in [2.05, 4.69) is 45.6 Å². The molecule has 1 aromatic carbocycles. The highest BCUT2D eigenvalue weighted by Gasteiger charge is 2.17. The van der Waals surface area contributed by atoms with E-state index in [0.717, 1.165) is 35.0 Å². The summed E-state index contributed by atoms with van der Waals surface area (Å²) in [6, 6.07) is 6.26. The van der Waals surface area contributed by atoms with Crippen LogP contribution in [0.1, 0.15) is 40.9 Å². The number of rotatable bonds is 4. The van der Waals surface area contributed by atoms with Crippen molar-refractivity contribution >= 4 is 16.8 Å². The molecule has 1 amide bonds. The lowest BCUT2D eigenvalue weighted by atomic mass is 9.96. The smallest absolute Gasteiger partial charge is 0.224 e. The molecule has 0 aliphatic heterocycles. The molecule has 3 N–H and O–H groups in total. The molecule has 0 spiro atoms. The molecular weight excluding hydrogens is 300 g/mol. The molecule has 124 valence electrons. The molecule has 0 fully saturated rings. The van der Waals surface area contributed by atoms with Gasteiger partial charge >= 0.3 is 0 Å². The zero-order valence-electron chi connectivity index (χ0n) is 13.9. The van der Waals surface area contributed by atoms with Crippen LogP contribution in [-0.2, 0) is 30.6 Å². The second-order valence-corrected chi connectivity index (χ2v) is 6.65. The molecule has 1 aliphatic carbocycles. The monoisotopic (exact) mass is 322 g/mol. The number of amides is 1. The van der Waals surface area contributed by atoms with E-state index in [0.29, 0.717) is 13.0 Å². The number of hydrogen-bond acceptors (Lipinski definition) is 2. The van der Waals surface area contributed by atoms with E-state index in [1.54, 1.807) is 0 Å². The van der Waals surface area contributed by atoms with Crippen LogP contribution in [0.25, 0.3) is 10.9 Å². The average Bonchev–Trinajstić information content (AvgIpc) is 3.17. The molecule has 0 saturated carbocycles. The second kappa shape index (κ2) is 6.15. The van der Waals surface area contributed by atoms with Gasteiger partial charge in [-0.25, -0.2) is 0 Å². The minimum atomic E-state index is 0.0315. The SMILES string of the molecule is Cc1ccc2c(CC(=O)NCc3n[nH]c4c3CCCC4)c[nH]c2c1. The van der Waals surface area contributed by atoms with Gasteiger partial charge in [0.1, 0.15) is 0 Å². The Hall–Kier alpha value is -2.56. The number of aryl methyl sites for hydroxylation is 2. The highest BCUT2D eigenvalue weighted by Crippen LogP contribution is 2.22. The molecule has 24 heavy (non-hydrogen) atoms. The van der Waals surface area contributed by atoms with E-state index in [1.165, 1.54) is 29.7 Å². The van der Waals surface area contributed by atoms with Gasteiger partial charge in [0, 0.05) is 22.8 Å². The molecule has 3 aromatic rings. The zero-order chi connectivity index (χ0) is 16.5. The van der Waals surface area contributed by atoms with Gasteiger partial charge in [-0.15, -0.1) is 0 Å². The topological polar surface area (TPSA) is 73.6 Å². The van der Waals surface area contributed by atoms with Crippen LogP contribution in [0.5, 0.6) is 0 Å². The lowest BCUT2D eigenvalue weighted by Gasteiger charge is -2.11. The molecule has 5 nitrogen and oxygen atoms in total. The number of carbonyl (C=O) groups is 1. The Kier molecular flexibility index (Phi) is 3.84. The van der Waals surface area contributed by atoms with Crippen LogP contribution in [-0.4, -0.2) is 21.1 Å². The van der Waals surface area contributed by atoms with Crippen LogP contribution in [0, 0.1) is 6.92 Å². The van der Waals surface area contributed by atoms with Gasteiger partial charge in [0.25, 0.3) is 0 Å². The Morgan fingerprint density at radius 1 is 1.29 bits per heavy atom. The van der Waals surface area contributed by atoms with Gasteiger partial charge in [-0.2, -0.15) is 5.10 Å². The summed E-state index contributed by atoms with van der Waals surface area (Å²) in [5.74, 6) is 0.0315. The first-order chi connectivity index (χ1) is 11.7. The van der Waals surface area contributed by atoms with Crippen molar-refractivity contribution in [3.8, 4) is 0 Å². The third-order valence-corrected chi connectivity index (χ3v) is 4.87. The normalized spacial score (nSPS) is 13.9. The third kappa shape index (κ3) is 2.82. The number of carbonyl (C=O) groups excluding carboxylic acids is 1. The van der Waals surface area contributed by atoms with Crippen LogP contribution < -0.4 is 5.32 Å². The van der Waals surface area contributed by atoms with Gasteiger partial charge in [0.2, 0.25) is 5.91 Å². The summed E-state index contributed by atoms with van der Waals surface area (Å²) in [7, 11) is 0. The van der Waals surface area contributed by atoms with Crippen molar-refractivity contribution in [2.75, 3.05) is 0 Å². The summed E-state index contributed by atoms with van der Waals surface area (Å²) in [6.07, 6.45) is 6.89. The van der Waals surface area contributed by atoms with E-state index in [4.69, 9.17) is 0 Å². The lowest BCUT2D eigenvalue weighted by molar-refractivity contribution is -0.120. The summed E-state index contributed by atoms with van der Waals surface area (Å²) in [5, 5.41) is 11.6. The first-order valence-electron chi connectivity index (χ1n) is 8.59. The molecule has 0 unspecified atom stereocenters. The standard InChI is InChI=1S/C19H22N4O/c1-12-6-7-14-13(10-20-17(14)8-12)9-19(24)21-11-18-15-4-2-3-5-16(15)22-23-18/h6-8,10,20H,2-5,9,11H2,1H3,(H,21,24)(H,22,23). The van der Waals surface area contributed by atoms with Crippen molar-refractivity contribution in [2.24, 2.45) is 0 Å². The first kappa shape index (κ1) is 15.0. The summed E-state index contributed by atoms with van der Waals surface area (Å²) in [4.78, 5) is 15.6. The van der Waals surface area contributed by atoms with Crippen molar-refractivity contribution in [2.45, 2.75) is 45.6 Å². The van der Waals surface area contributed by atoms with Gasteiger partial charge in [0.15, 0.2) is 0 Å². The van der Waals surface area contributed by atoms with Gasteiger partial charge in [0.05, 0.1) is 18.7 Å². The number of H-pyrrole nitrogens is 2. The van der Waals surface area contributed by atoms with Gasteiger partial charge in [-0.3, -0.25) is 9.89 Å². The summed E-state index contributed by atoms with van der Waals surface area (Å²) in [5.41, 5.74) is 6.88. The van der Waals surface area contributed by atoms with Crippen LogP contribution in [0.4, 0.5) is 0 Å². The van der Waals surface area contributed by atoms with Crippen molar-refractivity contribution in [3.63, 3.8) is 0 Å². The molecule has 2 aromatic heterocycles. The highest BCUT2D eigenvalue weighted by atomic mass is 16.1. The average molecular weight is 322 g/mol. The van der Waals surface area contributed by atoms with E-state index in [-0.39, 0.29) is 5.91 Å². The van der Waals surface area contributed by atoms with Gasteiger partial charge < -0.3 is 10.3 Å². The first-order valence-corrected chi connectivity index (χ1v) is 8.59. The predicted molar refractivity (Wildman–Crippen MR) is 93.8 cm³/mol. The number of aromatic amines is 2. The number of nitrogens with zero attached hydrogens (tertiary/aromatic N) is 1. The second-order valence-electron chi connectivity index (χ2n) is 6.65. The molecule has 1 aliphatic rings. The van der Waals surface area contributed by atoms with E-state index < -0.39 is 0 Å². The number of fused-ring (bicyclic) bond motifs is 2. The van der Waals surface area contributed by atoms with E-state index in [9.17, 15) is 4.79 Å². The number of benzene rings is 1. The van der Waals surface area contributed by atoms with Crippen molar-refractivity contribution in [1.82, 2.24) is 20.5 Å². The number of nitrogens with one attached hydrogen (secondary N) is 3. The molecule has 4 rings (SSSR count). The van der Waals surface area contributed by atoms with Crippen LogP contribution in [0.2, 0.25) is 0 Å². The van der Waals surface area contributed by atoms with E-state index >= 15 is 0 Å². The minimum Gasteiger partial charge on any atom is -0.361 e. The maximum atomic E-state index is 12.3. The Morgan fingerprint density at radius 2 is 2.17 bits per heavy atom. The summed E-state index contributed by atoms with van der Waals surface area (Å²) >= 11 is 0.